The van der Waals surface area contributed by atoms with E-state index in [1.165, 1.54) is 31.0 Å². The average molecular weight is 495 g/mol. The summed E-state index contributed by atoms with van der Waals surface area (Å²) in [6.45, 7) is 3.68. The molecule has 1 aliphatic rings. The molecule has 1 amide bonds. The Bertz CT molecular complexity index is 805. The molecule has 0 bridgehead atoms. The summed E-state index contributed by atoms with van der Waals surface area (Å²) in [5, 5.41) is 3.54. The highest BCUT2D eigenvalue weighted by atomic mass is 127. The summed E-state index contributed by atoms with van der Waals surface area (Å²) >= 11 is -0.386. The Morgan fingerprint density at radius 3 is 2.82 bits per heavy atom. The Kier molecular flexibility index (Phi) is 7.93. The minimum absolute atomic E-state index is 0.222. The summed E-state index contributed by atoms with van der Waals surface area (Å²) in [6.07, 6.45) is 5.07. The molecule has 1 aromatic heterocycles. The van der Waals surface area contributed by atoms with E-state index < -0.39 is 5.91 Å². The number of halogens is 1. The maximum absolute atomic E-state index is 11.1. The monoisotopic (exact) mass is 495 g/mol. The Hall–Kier alpha value is -1.84. The Morgan fingerprint density at radius 1 is 1.32 bits per heavy atom. The Morgan fingerprint density at radius 2 is 2.14 bits per heavy atom. The van der Waals surface area contributed by atoms with Crippen LogP contribution >= 0.6 is 20.7 Å². The van der Waals surface area contributed by atoms with Gasteiger partial charge in [-0.15, -0.1) is 0 Å². The number of primary amides is 1. The first-order chi connectivity index (χ1) is 13.7. The zero-order valence-electron chi connectivity index (χ0n) is 15.8. The summed E-state index contributed by atoms with van der Waals surface area (Å²) < 4.78 is 16.6. The van der Waals surface area contributed by atoms with Gasteiger partial charge in [0, 0.05) is 19.8 Å². The number of aromatic nitrogens is 1. The van der Waals surface area contributed by atoms with Gasteiger partial charge in [-0.2, -0.15) is 0 Å². The first kappa shape index (κ1) is 20.9. The summed E-state index contributed by atoms with van der Waals surface area (Å²) in [4.78, 5) is 15.1. The molecule has 28 heavy (non-hydrogen) atoms. The number of carbonyl (C=O) groups is 1. The molecule has 6 nitrogen and oxygen atoms in total. The second-order valence-corrected chi connectivity index (χ2v) is 8.69. The Balaban J connectivity index is 1.54. The minimum Gasteiger partial charge on any atom is -0.455 e. The van der Waals surface area contributed by atoms with Crippen molar-refractivity contribution in [3.8, 4) is 11.5 Å². The van der Waals surface area contributed by atoms with E-state index in [4.69, 9.17) is 15.2 Å². The number of benzene rings is 1. The zero-order valence-corrected chi connectivity index (χ0v) is 18.0. The number of nitrogens with one attached hydrogen (secondary N) is 1. The standard InChI is InChI=1S/C21H26IN3O3/c1-22-18-12-16(13-24-9-6-15-7-10-27-11-8-15)2-5-20(18)28-17-3-4-19(21(23)26)25-14-17/h2-5,12,14-15,24H,1,6-11,13H2,(H2,23,26). The third-order valence-corrected chi connectivity index (χ3v) is 6.42. The first-order valence-corrected chi connectivity index (χ1v) is 12.0. The van der Waals surface area contributed by atoms with Gasteiger partial charge in [0.2, 0.25) is 0 Å². The summed E-state index contributed by atoms with van der Waals surface area (Å²) in [6, 6.07) is 9.49. The van der Waals surface area contributed by atoms with Gasteiger partial charge in [0.15, 0.2) is 0 Å². The lowest BCUT2D eigenvalue weighted by Gasteiger charge is -2.21. The van der Waals surface area contributed by atoms with Crippen LogP contribution in [0.4, 0.5) is 0 Å². The molecule has 1 aliphatic heterocycles. The fourth-order valence-corrected chi connectivity index (χ4v) is 4.41. The van der Waals surface area contributed by atoms with Crippen LogP contribution in [0.15, 0.2) is 36.5 Å². The quantitative estimate of drug-likeness (QED) is 0.411. The molecule has 1 fully saturated rings. The van der Waals surface area contributed by atoms with Gasteiger partial charge in [0.25, 0.3) is 5.91 Å². The maximum Gasteiger partial charge on any atom is 0.267 e. The van der Waals surface area contributed by atoms with Gasteiger partial charge in [-0.1, -0.05) is 31.3 Å². The molecule has 0 atom stereocenters. The van der Waals surface area contributed by atoms with Crippen LogP contribution < -0.4 is 15.8 Å². The fourth-order valence-electron chi connectivity index (χ4n) is 3.13. The molecule has 7 heteroatoms. The van der Waals surface area contributed by atoms with Gasteiger partial charge < -0.3 is 20.5 Å². The topological polar surface area (TPSA) is 86.5 Å². The number of ether oxygens (including phenoxy) is 2. The number of carbonyl (C=O) groups excluding carboxylic acids is 1. The van der Waals surface area contributed by atoms with Gasteiger partial charge in [-0.3, -0.25) is 4.79 Å². The number of amides is 1. The second kappa shape index (κ2) is 10.6. The number of nitrogens with two attached hydrogens (primary N) is 1. The zero-order chi connectivity index (χ0) is 19.8. The normalized spacial score (nSPS) is 14.7. The van der Waals surface area contributed by atoms with Crippen LogP contribution in [0.1, 0.15) is 35.3 Å². The molecule has 1 aromatic carbocycles. The van der Waals surface area contributed by atoms with Gasteiger partial charge >= 0.3 is 0 Å². The lowest BCUT2D eigenvalue weighted by molar-refractivity contribution is 0.0639. The predicted molar refractivity (Wildman–Crippen MR) is 119 cm³/mol. The van der Waals surface area contributed by atoms with Crippen molar-refractivity contribution in [1.82, 2.24) is 10.3 Å². The van der Waals surface area contributed by atoms with E-state index in [1.54, 1.807) is 12.1 Å². The summed E-state index contributed by atoms with van der Waals surface area (Å²) in [5.74, 6) is 1.60. The first-order valence-electron chi connectivity index (χ1n) is 9.39. The van der Waals surface area contributed by atoms with E-state index in [0.717, 1.165) is 41.5 Å². The van der Waals surface area contributed by atoms with Crippen LogP contribution in [0.5, 0.6) is 11.5 Å². The molecular formula is C21H26IN3O3. The van der Waals surface area contributed by atoms with Crippen molar-refractivity contribution >= 4 is 31.2 Å². The highest BCUT2D eigenvalue weighted by Gasteiger charge is 2.13. The van der Waals surface area contributed by atoms with Gasteiger partial charge in [-0.05, 0) is 61.6 Å². The fraction of sp³-hybridized carbons (Fsp3) is 0.381. The van der Waals surface area contributed by atoms with E-state index in [-0.39, 0.29) is 26.4 Å². The van der Waals surface area contributed by atoms with Gasteiger partial charge in [0.1, 0.15) is 17.2 Å². The lowest BCUT2D eigenvalue weighted by atomic mass is 9.97. The third-order valence-electron chi connectivity index (χ3n) is 4.76. The molecule has 3 rings (SSSR count). The van der Waals surface area contributed by atoms with Gasteiger partial charge in [-0.25, -0.2) is 4.98 Å². The lowest BCUT2D eigenvalue weighted by Crippen LogP contribution is -2.22. The molecule has 0 spiro atoms. The van der Waals surface area contributed by atoms with Crippen molar-refractivity contribution in [3.05, 3.63) is 51.4 Å². The SMILES string of the molecule is C=Ic1cc(CNCCC2CCOCC2)ccc1Oc1ccc(C(N)=O)nc1. The highest BCUT2D eigenvalue weighted by molar-refractivity contribution is 14.2. The number of pyridine rings is 1. The van der Waals surface area contributed by atoms with Crippen LogP contribution in [0.2, 0.25) is 0 Å². The molecule has 2 heterocycles. The summed E-state index contributed by atoms with van der Waals surface area (Å²) in [5.41, 5.74) is 6.67. The van der Waals surface area contributed by atoms with E-state index >= 15 is 0 Å². The predicted octanol–water partition coefficient (Wildman–Crippen LogP) is 3.45. The molecule has 0 aliphatic carbocycles. The average Bonchev–Trinajstić information content (AvgIpc) is 2.73. The number of hydrogen-bond acceptors (Lipinski definition) is 5. The molecule has 0 saturated carbocycles. The Labute approximate surface area is 175 Å². The molecule has 1 saturated heterocycles. The number of hydrogen-bond donors (Lipinski definition) is 2. The molecule has 150 valence electrons. The van der Waals surface area contributed by atoms with E-state index in [2.05, 4.69) is 26.9 Å². The maximum atomic E-state index is 11.1. The minimum atomic E-state index is -0.551. The van der Waals surface area contributed by atoms with Crippen LogP contribution in [-0.2, 0) is 11.3 Å². The third kappa shape index (κ3) is 6.08. The summed E-state index contributed by atoms with van der Waals surface area (Å²) in [7, 11) is 0. The van der Waals surface area contributed by atoms with Crippen molar-refractivity contribution in [2.75, 3.05) is 19.8 Å². The van der Waals surface area contributed by atoms with E-state index in [9.17, 15) is 4.79 Å². The van der Waals surface area contributed by atoms with Crippen LogP contribution in [-0.4, -0.2) is 35.2 Å². The van der Waals surface area contributed by atoms with Crippen molar-refractivity contribution in [3.63, 3.8) is 0 Å². The van der Waals surface area contributed by atoms with Crippen molar-refractivity contribution in [2.24, 2.45) is 11.7 Å². The van der Waals surface area contributed by atoms with Crippen molar-refractivity contribution in [2.45, 2.75) is 25.8 Å². The van der Waals surface area contributed by atoms with E-state index in [0.29, 0.717) is 5.75 Å². The molecule has 0 unspecified atom stereocenters. The number of rotatable bonds is 9. The van der Waals surface area contributed by atoms with Crippen LogP contribution in [0, 0.1) is 9.49 Å². The largest absolute Gasteiger partial charge is 0.455 e. The molecule has 0 radical (unpaired) electrons. The number of nitrogens with zero attached hydrogens (tertiary/aromatic N) is 1. The molecule has 2 aromatic rings. The van der Waals surface area contributed by atoms with Crippen LogP contribution in [0.25, 0.3) is 0 Å². The van der Waals surface area contributed by atoms with Crippen LogP contribution in [0.3, 0.4) is 0 Å². The van der Waals surface area contributed by atoms with Crippen molar-refractivity contribution in [1.29, 1.82) is 0 Å². The van der Waals surface area contributed by atoms with Gasteiger partial charge in [0.05, 0.1) is 9.77 Å². The smallest absolute Gasteiger partial charge is 0.267 e. The second-order valence-electron chi connectivity index (χ2n) is 6.77. The molecular weight excluding hydrogens is 469 g/mol. The van der Waals surface area contributed by atoms with E-state index in [1.807, 2.05) is 6.07 Å². The molecule has 3 N–H and O–H groups in total. The highest BCUT2D eigenvalue weighted by Crippen LogP contribution is 2.29. The van der Waals surface area contributed by atoms with Crippen molar-refractivity contribution < 1.29 is 14.3 Å².